The highest BCUT2D eigenvalue weighted by Gasteiger charge is 2.15. The number of hydrogen-bond donors (Lipinski definition) is 0. The molecule has 14 heavy (non-hydrogen) atoms. The number of benzene rings is 1. The molecule has 0 spiro atoms. The number of alkyl halides is 1. The molecule has 0 aliphatic carbocycles. The summed E-state index contributed by atoms with van der Waals surface area (Å²) < 4.78 is 12.8. The molecule has 1 rings (SSSR count). The molecular weight excluding hydrogens is 251 g/mol. The van der Waals surface area contributed by atoms with Gasteiger partial charge in [-0.2, -0.15) is 0 Å². The second-order valence-electron chi connectivity index (χ2n) is 2.85. The van der Waals surface area contributed by atoms with E-state index in [-0.39, 0.29) is 16.7 Å². The van der Waals surface area contributed by atoms with E-state index in [9.17, 15) is 14.0 Å². The number of hydrogen-bond acceptors (Lipinski definition) is 2. The van der Waals surface area contributed by atoms with Gasteiger partial charge in [-0.25, -0.2) is 4.39 Å². The van der Waals surface area contributed by atoms with Gasteiger partial charge in [-0.15, -0.1) is 0 Å². The molecule has 0 radical (unpaired) electrons. The molecule has 0 bridgehead atoms. The van der Waals surface area contributed by atoms with Crippen LogP contribution in [0.3, 0.4) is 0 Å². The minimum Gasteiger partial charge on any atom is -0.290 e. The van der Waals surface area contributed by atoms with Crippen LogP contribution in [0.15, 0.2) is 18.2 Å². The van der Waals surface area contributed by atoms with Crippen molar-refractivity contribution in [3.05, 3.63) is 35.1 Å². The zero-order valence-electron chi connectivity index (χ0n) is 7.51. The van der Waals surface area contributed by atoms with Crippen LogP contribution in [0, 0.1) is 12.7 Å². The van der Waals surface area contributed by atoms with Crippen LogP contribution in [-0.2, 0) is 4.79 Å². The summed E-state index contributed by atoms with van der Waals surface area (Å²) in [5, 5.41) is -0.0116. The van der Waals surface area contributed by atoms with E-state index < -0.39 is 11.6 Å². The molecule has 0 aliphatic rings. The molecule has 0 saturated carbocycles. The maximum Gasteiger partial charge on any atom is 0.229 e. The Morgan fingerprint density at radius 2 is 2.07 bits per heavy atom. The highest BCUT2D eigenvalue weighted by molar-refractivity contribution is 9.09. The first-order valence-corrected chi connectivity index (χ1v) is 5.08. The predicted molar refractivity (Wildman–Crippen MR) is 54.3 cm³/mol. The summed E-state index contributed by atoms with van der Waals surface area (Å²) in [6.07, 6.45) is 0. The summed E-state index contributed by atoms with van der Waals surface area (Å²) in [7, 11) is 0. The largest absolute Gasteiger partial charge is 0.290 e. The van der Waals surface area contributed by atoms with Crippen molar-refractivity contribution < 1.29 is 14.0 Å². The zero-order chi connectivity index (χ0) is 10.7. The molecule has 1 aromatic carbocycles. The summed E-state index contributed by atoms with van der Waals surface area (Å²) >= 11 is 2.90. The average Bonchev–Trinajstić information content (AvgIpc) is 2.20. The lowest BCUT2D eigenvalue weighted by molar-refractivity contribution is -0.112. The number of ketones is 2. The minimum atomic E-state index is -0.593. The Morgan fingerprint density at radius 1 is 1.43 bits per heavy atom. The third-order valence-electron chi connectivity index (χ3n) is 1.79. The van der Waals surface area contributed by atoms with Crippen molar-refractivity contribution in [3.63, 3.8) is 0 Å². The van der Waals surface area contributed by atoms with Gasteiger partial charge in [-0.05, 0) is 30.7 Å². The lowest BCUT2D eigenvalue weighted by Gasteiger charge is -2.00. The topological polar surface area (TPSA) is 34.1 Å². The number of halogens is 2. The average molecular weight is 259 g/mol. The van der Waals surface area contributed by atoms with Gasteiger partial charge in [0.2, 0.25) is 11.6 Å². The van der Waals surface area contributed by atoms with E-state index >= 15 is 0 Å². The van der Waals surface area contributed by atoms with Crippen LogP contribution in [0.2, 0.25) is 0 Å². The van der Waals surface area contributed by atoms with Gasteiger partial charge in [-0.3, -0.25) is 9.59 Å². The molecule has 0 heterocycles. The van der Waals surface area contributed by atoms with Gasteiger partial charge in [0.25, 0.3) is 0 Å². The van der Waals surface area contributed by atoms with Crippen LogP contribution < -0.4 is 0 Å². The Labute approximate surface area is 89.2 Å². The van der Waals surface area contributed by atoms with Gasteiger partial charge in [0.15, 0.2) is 0 Å². The monoisotopic (exact) mass is 258 g/mol. The van der Waals surface area contributed by atoms with Crippen molar-refractivity contribution in [1.82, 2.24) is 0 Å². The lowest BCUT2D eigenvalue weighted by atomic mass is 10.1. The third kappa shape index (κ3) is 2.26. The fourth-order valence-electron chi connectivity index (χ4n) is 1.01. The summed E-state index contributed by atoms with van der Waals surface area (Å²) in [6.45, 7) is 1.55. The van der Waals surface area contributed by atoms with E-state index in [2.05, 4.69) is 15.9 Å². The minimum absolute atomic E-state index is 0.0116. The van der Waals surface area contributed by atoms with Crippen molar-refractivity contribution in [1.29, 1.82) is 0 Å². The van der Waals surface area contributed by atoms with E-state index in [4.69, 9.17) is 0 Å². The zero-order valence-corrected chi connectivity index (χ0v) is 9.10. The van der Waals surface area contributed by atoms with Crippen molar-refractivity contribution in [2.24, 2.45) is 0 Å². The molecule has 2 nitrogen and oxygen atoms in total. The maximum absolute atomic E-state index is 12.8. The molecule has 4 heteroatoms. The molecule has 0 amide bonds. The molecule has 0 atom stereocenters. The molecule has 0 saturated heterocycles. The molecule has 0 N–H and O–H groups in total. The van der Waals surface area contributed by atoms with Gasteiger partial charge in [-0.1, -0.05) is 15.9 Å². The Balaban J connectivity index is 3.03. The molecule has 0 aromatic heterocycles. The number of aryl methyl sites for hydroxylation is 1. The van der Waals surface area contributed by atoms with Gasteiger partial charge >= 0.3 is 0 Å². The van der Waals surface area contributed by atoms with Gasteiger partial charge in [0.05, 0.1) is 5.33 Å². The van der Waals surface area contributed by atoms with E-state index in [1.165, 1.54) is 18.2 Å². The van der Waals surface area contributed by atoms with Crippen molar-refractivity contribution in [3.8, 4) is 0 Å². The van der Waals surface area contributed by atoms with E-state index in [1.807, 2.05) is 0 Å². The Morgan fingerprint density at radius 3 is 2.57 bits per heavy atom. The first-order chi connectivity index (χ1) is 6.56. The second kappa shape index (κ2) is 4.46. The van der Waals surface area contributed by atoms with E-state index in [1.54, 1.807) is 6.92 Å². The van der Waals surface area contributed by atoms with Crippen LogP contribution in [0.25, 0.3) is 0 Å². The number of carbonyl (C=O) groups is 2. The normalized spacial score (nSPS) is 9.93. The maximum atomic E-state index is 12.8. The van der Waals surface area contributed by atoms with Gasteiger partial charge in [0, 0.05) is 5.56 Å². The van der Waals surface area contributed by atoms with Crippen LogP contribution in [0.1, 0.15) is 15.9 Å². The van der Waals surface area contributed by atoms with Crippen LogP contribution in [-0.4, -0.2) is 16.9 Å². The lowest BCUT2D eigenvalue weighted by Crippen LogP contribution is -2.15. The number of rotatable bonds is 3. The first-order valence-electron chi connectivity index (χ1n) is 3.96. The van der Waals surface area contributed by atoms with Crippen molar-refractivity contribution >= 4 is 27.5 Å². The van der Waals surface area contributed by atoms with Crippen molar-refractivity contribution in [2.75, 3.05) is 5.33 Å². The Kier molecular flexibility index (Phi) is 3.52. The predicted octanol–water partition coefficient (Wildman–Crippen LogP) is 2.28. The SMILES string of the molecule is Cc1cc(C(=O)C(=O)CBr)ccc1F. The Bertz CT molecular complexity index is 388. The fraction of sp³-hybridized carbons (Fsp3) is 0.200. The summed E-state index contributed by atoms with van der Waals surface area (Å²) in [5.74, 6) is -1.51. The van der Waals surface area contributed by atoms with Crippen LogP contribution >= 0.6 is 15.9 Å². The van der Waals surface area contributed by atoms with Gasteiger partial charge in [0.1, 0.15) is 5.82 Å². The molecule has 0 aliphatic heterocycles. The van der Waals surface area contributed by atoms with Crippen LogP contribution in [0.4, 0.5) is 4.39 Å². The number of carbonyl (C=O) groups excluding carboxylic acids is 2. The fourth-order valence-corrected chi connectivity index (χ4v) is 1.26. The summed E-state index contributed by atoms with van der Waals surface area (Å²) in [5.41, 5.74) is 0.589. The second-order valence-corrected chi connectivity index (χ2v) is 3.41. The molecule has 0 unspecified atom stereocenters. The quantitative estimate of drug-likeness (QED) is 0.474. The molecule has 0 fully saturated rings. The Hall–Kier alpha value is -1.03. The van der Waals surface area contributed by atoms with Crippen molar-refractivity contribution in [2.45, 2.75) is 6.92 Å². The smallest absolute Gasteiger partial charge is 0.229 e. The number of Topliss-reactive ketones (excluding diaryl/α,β-unsaturated/α-hetero) is 2. The first kappa shape index (κ1) is 11.0. The van der Waals surface area contributed by atoms with Gasteiger partial charge < -0.3 is 0 Å². The highest BCUT2D eigenvalue weighted by Crippen LogP contribution is 2.10. The summed E-state index contributed by atoms with van der Waals surface area (Å²) in [6, 6.07) is 3.87. The molecule has 74 valence electrons. The highest BCUT2D eigenvalue weighted by atomic mass is 79.9. The van der Waals surface area contributed by atoms with E-state index in [0.29, 0.717) is 5.56 Å². The standard InChI is InChI=1S/C10H8BrFO2/c1-6-4-7(2-3-8(6)12)10(14)9(13)5-11/h2-4H,5H2,1H3. The third-order valence-corrected chi connectivity index (χ3v) is 2.30. The molecular formula is C10H8BrFO2. The summed E-state index contributed by atoms with van der Waals surface area (Å²) in [4.78, 5) is 22.4. The van der Waals surface area contributed by atoms with Crippen LogP contribution in [0.5, 0.6) is 0 Å². The molecule has 1 aromatic rings. The van der Waals surface area contributed by atoms with E-state index in [0.717, 1.165) is 0 Å².